The van der Waals surface area contributed by atoms with Crippen molar-refractivity contribution in [3.8, 4) is 5.75 Å². The fourth-order valence-corrected chi connectivity index (χ4v) is 2.94. The summed E-state index contributed by atoms with van der Waals surface area (Å²) >= 11 is 11.9. The van der Waals surface area contributed by atoms with Gasteiger partial charge in [-0.25, -0.2) is 0 Å². The van der Waals surface area contributed by atoms with Gasteiger partial charge in [0.15, 0.2) is 0 Å². The highest BCUT2D eigenvalue weighted by molar-refractivity contribution is 6.42. The van der Waals surface area contributed by atoms with Crippen LogP contribution in [-0.2, 0) is 0 Å². The fraction of sp³-hybridized carbons (Fsp3) is 0.235. The van der Waals surface area contributed by atoms with Crippen LogP contribution in [0.2, 0.25) is 10.0 Å². The molecule has 0 unspecified atom stereocenters. The number of hydrogen-bond donors (Lipinski definition) is 1. The quantitative estimate of drug-likeness (QED) is 0.898. The van der Waals surface area contributed by atoms with Gasteiger partial charge in [-0.2, -0.15) is 0 Å². The van der Waals surface area contributed by atoms with E-state index in [0.29, 0.717) is 28.7 Å². The highest BCUT2D eigenvalue weighted by atomic mass is 35.5. The van der Waals surface area contributed by atoms with Gasteiger partial charge in [0.25, 0.3) is 5.91 Å². The van der Waals surface area contributed by atoms with Gasteiger partial charge >= 0.3 is 0 Å². The maximum absolute atomic E-state index is 12.5. The van der Waals surface area contributed by atoms with Crippen molar-refractivity contribution in [3.63, 3.8) is 0 Å². The minimum atomic E-state index is -0.0334. The molecular formula is C17H16Cl2N2O2. The molecule has 0 aromatic heterocycles. The van der Waals surface area contributed by atoms with Crippen molar-refractivity contribution in [2.45, 2.75) is 0 Å². The number of benzene rings is 2. The van der Waals surface area contributed by atoms with E-state index in [1.54, 1.807) is 30.3 Å². The molecule has 0 spiro atoms. The van der Waals surface area contributed by atoms with Gasteiger partial charge in [0.05, 0.1) is 10.0 Å². The van der Waals surface area contributed by atoms with Gasteiger partial charge in [-0.15, -0.1) is 0 Å². The Morgan fingerprint density at radius 3 is 2.17 bits per heavy atom. The van der Waals surface area contributed by atoms with E-state index in [-0.39, 0.29) is 11.7 Å². The zero-order valence-electron chi connectivity index (χ0n) is 12.4. The Hall–Kier alpha value is -1.91. The van der Waals surface area contributed by atoms with Crippen LogP contribution in [0.4, 0.5) is 5.69 Å². The van der Waals surface area contributed by atoms with Gasteiger partial charge in [0, 0.05) is 37.4 Å². The van der Waals surface area contributed by atoms with Crippen LogP contribution in [0.1, 0.15) is 10.4 Å². The molecule has 1 heterocycles. The summed E-state index contributed by atoms with van der Waals surface area (Å²) in [5.74, 6) is 0.219. The topological polar surface area (TPSA) is 43.8 Å². The molecule has 1 amide bonds. The summed E-state index contributed by atoms with van der Waals surface area (Å²) in [6, 6.07) is 12.0. The Bertz CT molecular complexity index is 711. The molecule has 1 fully saturated rings. The van der Waals surface area contributed by atoms with Crippen LogP contribution < -0.4 is 4.90 Å². The summed E-state index contributed by atoms with van der Waals surface area (Å²) in [6.45, 7) is 2.77. The Morgan fingerprint density at radius 2 is 1.57 bits per heavy atom. The second-order valence-electron chi connectivity index (χ2n) is 5.42. The lowest BCUT2D eigenvalue weighted by Gasteiger charge is -2.36. The van der Waals surface area contributed by atoms with E-state index in [1.807, 2.05) is 17.0 Å². The molecule has 0 atom stereocenters. The summed E-state index contributed by atoms with van der Waals surface area (Å²) in [4.78, 5) is 16.5. The standard InChI is InChI=1S/C17H16Cl2N2O2/c18-15-6-1-12(11-16(15)19)17(23)21-9-7-20(8-10-21)13-2-4-14(22)5-3-13/h1-6,11,22H,7-10H2. The average molecular weight is 351 g/mol. The third-order valence-electron chi connectivity index (χ3n) is 3.95. The molecule has 0 radical (unpaired) electrons. The number of carbonyl (C=O) groups is 1. The first kappa shape index (κ1) is 16.0. The highest BCUT2D eigenvalue weighted by Gasteiger charge is 2.22. The monoisotopic (exact) mass is 350 g/mol. The number of halogens is 2. The summed E-state index contributed by atoms with van der Waals surface area (Å²) < 4.78 is 0. The lowest BCUT2D eigenvalue weighted by atomic mass is 10.1. The molecule has 2 aromatic rings. The van der Waals surface area contributed by atoms with E-state index in [0.717, 1.165) is 18.8 Å². The van der Waals surface area contributed by atoms with Crippen LogP contribution >= 0.6 is 23.2 Å². The second kappa shape index (κ2) is 6.69. The zero-order valence-corrected chi connectivity index (χ0v) is 13.9. The summed E-state index contributed by atoms with van der Waals surface area (Å²) in [7, 11) is 0. The molecule has 1 aliphatic heterocycles. The number of anilines is 1. The first-order valence-corrected chi connectivity index (χ1v) is 8.08. The zero-order chi connectivity index (χ0) is 16.4. The van der Waals surface area contributed by atoms with E-state index in [1.165, 1.54) is 0 Å². The van der Waals surface area contributed by atoms with Crippen molar-refractivity contribution < 1.29 is 9.90 Å². The van der Waals surface area contributed by atoms with E-state index < -0.39 is 0 Å². The van der Waals surface area contributed by atoms with Crippen LogP contribution in [0, 0.1) is 0 Å². The Labute approximate surface area is 144 Å². The van der Waals surface area contributed by atoms with Gasteiger partial charge in [-0.3, -0.25) is 4.79 Å². The van der Waals surface area contributed by atoms with Crippen molar-refractivity contribution >= 4 is 34.8 Å². The first-order valence-electron chi connectivity index (χ1n) is 7.33. The van der Waals surface area contributed by atoms with Crippen molar-refractivity contribution in [2.75, 3.05) is 31.1 Å². The number of rotatable bonds is 2. The SMILES string of the molecule is O=C(c1ccc(Cl)c(Cl)c1)N1CCN(c2ccc(O)cc2)CC1. The van der Waals surface area contributed by atoms with E-state index in [4.69, 9.17) is 23.2 Å². The first-order chi connectivity index (χ1) is 11.0. The van der Waals surface area contributed by atoms with E-state index in [9.17, 15) is 9.90 Å². The maximum atomic E-state index is 12.5. The Kier molecular flexibility index (Phi) is 4.64. The molecule has 3 rings (SSSR count). The number of aromatic hydroxyl groups is 1. The summed E-state index contributed by atoms with van der Waals surface area (Å²) in [5.41, 5.74) is 1.60. The number of hydrogen-bond acceptors (Lipinski definition) is 3. The fourth-order valence-electron chi connectivity index (χ4n) is 2.64. The van der Waals surface area contributed by atoms with Crippen molar-refractivity contribution in [2.24, 2.45) is 0 Å². The molecule has 6 heteroatoms. The Balaban J connectivity index is 1.65. The van der Waals surface area contributed by atoms with Gasteiger partial charge in [0.2, 0.25) is 0 Å². The van der Waals surface area contributed by atoms with Crippen molar-refractivity contribution in [1.29, 1.82) is 0 Å². The smallest absolute Gasteiger partial charge is 0.254 e. The van der Waals surface area contributed by atoms with Crippen molar-refractivity contribution in [3.05, 3.63) is 58.1 Å². The molecule has 4 nitrogen and oxygen atoms in total. The molecule has 23 heavy (non-hydrogen) atoms. The Morgan fingerprint density at radius 1 is 0.913 bits per heavy atom. The third kappa shape index (κ3) is 3.54. The minimum Gasteiger partial charge on any atom is -0.508 e. The molecule has 120 valence electrons. The minimum absolute atomic E-state index is 0.0334. The second-order valence-corrected chi connectivity index (χ2v) is 6.24. The third-order valence-corrected chi connectivity index (χ3v) is 4.69. The van der Waals surface area contributed by atoms with Gasteiger partial charge in [-0.1, -0.05) is 23.2 Å². The van der Waals surface area contributed by atoms with Crippen LogP contribution in [0.25, 0.3) is 0 Å². The normalized spacial score (nSPS) is 14.9. The van der Waals surface area contributed by atoms with E-state index >= 15 is 0 Å². The van der Waals surface area contributed by atoms with Gasteiger partial charge < -0.3 is 14.9 Å². The molecular weight excluding hydrogens is 335 g/mol. The number of carbonyl (C=O) groups excluding carboxylic acids is 1. The van der Waals surface area contributed by atoms with E-state index in [2.05, 4.69) is 4.90 Å². The van der Waals surface area contributed by atoms with Gasteiger partial charge in [0.1, 0.15) is 5.75 Å². The van der Waals surface area contributed by atoms with Gasteiger partial charge in [-0.05, 0) is 42.5 Å². The summed E-state index contributed by atoms with van der Waals surface area (Å²) in [5, 5.41) is 10.2. The van der Waals surface area contributed by atoms with Crippen molar-refractivity contribution in [1.82, 2.24) is 4.90 Å². The predicted octanol–water partition coefficient (Wildman–Crippen LogP) is 3.66. The number of phenols is 1. The molecule has 0 saturated carbocycles. The molecule has 1 saturated heterocycles. The lowest BCUT2D eigenvalue weighted by Crippen LogP contribution is -2.48. The number of nitrogens with zero attached hydrogens (tertiary/aromatic N) is 2. The molecule has 1 N–H and O–H groups in total. The number of amides is 1. The number of phenolic OH excluding ortho intramolecular Hbond substituents is 1. The average Bonchev–Trinajstić information content (AvgIpc) is 2.57. The maximum Gasteiger partial charge on any atom is 0.254 e. The largest absolute Gasteiger partial charge is 0.508 e. The molecule has 0 bridgehead atoms. The molecule has 2 aromatic carbocycles. The highest BCUT2D eigenvalue weighted by Crippen LogP contribution is 2.24. The lowest BCUT2D eigenvalue weighted by molar-refractivity contribution is 0.0747. The van der Waals surface area contributed by atoms with Crippen LogP contribution in [0.5, 0.6) is 5.75 Å². The van der Waals surface area contributed by atoms with Crippen LogP contribution in [0.15, 0.2) is 42.5 Å². The van der Waals surface area contributed by atoms with Crippen LogP contribution in [0.3, 0.4) is 0 Å². The van der Waals surface area contributed by atoms with Crippen LogP contribution in [-0.4, -0.2) is 42.1 Å². The molecule has 1 aliphatic rings. The summed E-state index contributed by atoms with van der Waals surface area (Å²) in [6.07, 6.45) is 0. The predicted molar refractivity (Wildman–Crippen MR) is 92.7 cm³/mol. The molecule has 0 aliphatic carbocycles. The number of piperazine rings is 1.